The first-order valence-electron chi connectivity index (χ1n) is 11.1. The molecule has 0 heterocycles. The van der Waals surface area contributed by atoms with Crippen LogP contribution in [0.5, 0.6) is 0 Å². The van der Waals surface area contributed by atoms with Gasteiger partial charge in [-0.2, -0.15) is 0 Å². The number of ether oxygens (including phenoxy) is 4. The molecule has 0 saturated carbocycles. The second kappa shape index (κ2) is 14.5. The smallest absolute Gasteiger partial charge is 0.311 e. The molecule has 0 fully saturated rings. The first kappa shape index (κ1) is 26.7. The molecule has 0 aromatic heterocycles. The predicted octanol–water partition coefficient (Wildman–Crippen LogP) is 2.70. The summed E-state index contributed by atoms with van der Waals surface area (Å²) < 4.78 is 20.5. The van der Waals surface area contributed by atoms with Gasteiger partial charge in [0.2, 0.25) is 0 Å². The maximum Gasteiger partial charge on any atom is 0.311 e. The van der Waals surface area contributed by atoms with Gasteiger partial charge >= 0.3 is 23.9 Å². The molecule has 0 aliphatic heterocycles. The second-order valence-electron chi connectivity index (χ2n) is 7.72. The molecule has 0 aromatic rings. The zero-order valence-corrected chi connectivity index (χ0v) is 19.1. The quantitative estimate of drug-likeness (QED) is 0.208. The van der Waals surface area contributed by atoms with Gasteiger partial charge in [0, 0.05) is 0 Å². The van der Waals surface area contributed by atoms with E-state index >= 15 is 0 Å². The van der Waals surface area contributed by atoms with E-state index in [4.69, 9.17) is 18.9 Å². The van der Waals surface area contributed by atoms with Crippen molar-refractivity contribution in [2.24, 2.45) is 23.7 Å². The number of carbonyl (C=O) groups excluding carboxylic acids is 4. The van der Waals surface area contributed by atoms with Crippen molar-refractivity contribution >= 4 is 23.9 Å². The van der Waals surface area contributed by atoms with Crippen LogP contribution in [-0.2, 0) is 38.1 Å². The first-order valence-corrected chi connectivity index (χ1v) is 11.1. The highest BCUT2D eigenvalue weighted by Crippen LogP contribution is 2.29. The molecule has 0 radical (unpaired) electrons. The van der Waals surface area contributed by atoms with Crippen molar-refractivity contribution < 1.29 is 38.1 Å². The van der Waals surface area contributed by atoms with Crippen LogP contribution in [0.25, 0.3) is 0 Å². The van der Waals surface area contributed by atoms with Crippen LogP contribution < -0.4 is 0 Å². The summed E-state index contributed by atoms with van der Waals surface area (Å²) in [5.74, 6) is 0.740. The molecule has 0 saturated heterocycles. The van der Waals surface area contributed by atoms with Crippen molar-refractivity contribution in [3.05, 3.63) is 49.6 Å². The van der Waals surface area contributed by atoms with Crippen LogP contribution in [0, 0.1) is 35.5 Å². The van der Waals surface area contributed by atoms with Crippen LogP contribution in [0.15, 0.2) is 49.6 Å². The highest BCUT2D eigenvalue weighted by atomic mass is 16.5. The molecular formula is C26H30O8. The van der Waals surface area contributed by atoms with Gasteiger partial charge in [0.25, 0.3) is 0 Å². The Labute approximate surface area is 199 Å². The standard InChI is InChI=1S/C26H30O8/c1-3-15-31-23(27)19-11-5-7-13-21(19)25(29)33-17-9-10-18-34-26(30)22-14-8-6-12-20(22)24(28)32-16-4-2/h3-8,19-22H,1-2,11-18H2/t19-,20+,21+,22-. The summed E-state index contributed by atoms with van der Waals surface area (Å²) in [6.45, 7) is 6.76. The summed E-state index contributed by atoms with van der Waals surface area (Å²) >= 11 is 0. The fraction of sp³-hybridized carbons (Fsp3) is 0.462. The van der Waals surface area contributed by atoms with Crippen molar-refractivity contribution in [2.75, 3.05) is 26.4 Å². The average molecular weight is 471 g/mol. The maximum atomic E-state index is 12.4. The summed E-state index contributed by atoms with van der Waals surface area (Å²) in [6.07, 6.45) is 11.8. The number of rotatable bonds is 10. The third-order valence-corrected chi connectivity index (χ3v) is 5.46. The van der Waals surface area contributed by atoms with E-state index in [9.17, 15) is 19.2 Å². The summed E-state index contributed by atoms with van der Waals surface area (Å²) in [7, 11) is 0. The molecule has 0 spiro atoms. The van der Waals surface area contributed by atoms with Gasteiger partial charge in [-0.3, -0.25) is 19.2 Å². The van der Waals surface area contributed by atoms with Crippen molar-refractivity contribution in [3.63, 3.8) is 0 Å². The summed E-state index contributed by atoms with van der Waals surface area (Å²) in [6, 6.07) is 0. The van der Waals surface area contributed by atoms with E-state index in [2.05, 4.69) is 25.0 Å². The van der Waals surface area contributed by atoms with Crippen LogP contribution in [0.2, 0.25) is 0 Å². The van der Waals surface area contributed by atoms with E-state index in [0.29, 0.717) is 25.7 Å². The third-order valence-electron chi connectivity index (χ3n) is 5.46. The van der Waals surface area contributed by atoms with Crippen LogP contribution in [-0.4, -0.2) is 50.3 Å². The Kier molecular flexibility index (Phi) is 11.4. The molecule has 4 atom stereocenters. The first-order chi connectivity index (χ1) is 16.5. The zero-order chi connectivity index (χ0) is 24.8. The lowest BCUT2D eigenvalue weighted by molar-refractivity contribution is -0.159. The van der Waals surface area contributed by atoms with Crippen LogP contribution in [0.1, 0.15) is 25.7 Å². The van der Waals surface area contributed by atoms with Gasteiger partial charge in [-0.25, -0.2) is 0 Å². The van der Waals surface area contributed by atoms with E-state index in [-0.39, 0.29) is 26.4 Å². The molecule has 34 heavy (non-hydrogen) atoms. The van der Waals surface area contributed by atoms with Crippen molar-refractivity contribution in [1.82, 2.24) is 0 Å². The number of esters is 4. The van der Waals surface area contributed by atoms with Gasteiger partial charge in [0.1, 0.15) is 13.2 Å². The fourth-order valence-corrected chi connectivity index (χ4v) is 3.70. The lowest BCUT2D eigenvalue weighted by Gasteiger charge is -2.24. The van der Waals surface area contributed by atoms with Gasteiger partial charge in [-0.1, -0.05) is 61.5 Å². The van der Waals surface area contributed by atoms with E-state index in [1.807, 2.05) is 24.3 Å². The topological polar surface area (TPSA) is 105 Å². The number of hydrogen-bond acceptors (Lipinski definition) is 8. The van der Waals surface area contributed by atoms with E-state index in [1.165, 1.54) is 12.2 Å². The van der Waals surface area contributed by atoms with Crippen molar-refractivity contribution in [1.29, 1.82) is 0 Å². The maximum absolute atomic E-state index is 12.4. The van der Waals surface area contributed by atoms with Gasteiger partial charge in [0.05, 0.1) is 23.7 Å². The van der Waals surface area contributed by atoms with Gasteiger partial charge < -0.3 is 18.9 Å². The highest BCUT2D eigenvalue weighted by molar-refractivity contribution is 5.83. The monoisotopic (exact) mass is 470 g/mol. The lowest BCUT2D eigenvalue weighted by atomic mass is 9.83. The Morgan fingerprint density at radius 3 is 1.21 bits per heavy atom. The Hall–Kier alpha value is -3.60. The number of hydrogen-bond donors (Lipinski definition) is 0. The summed E-state index contributed by atoms with van der Waals surface area (Å²) in [4.78, 5) is 49.2. The second-order valence-corrected chi connectivity index (χ2v) is 7.72. The van der Waals surface area contributed by atoms with Crippen molar-refractivity contribution in [2.45, 2.75) is 25.7 Å². The van der Waals surface area contributed by atoms with Crippen LogP contribution in [0.4, 0.5) is 0 Å². The normalized spacial score (nSPS) is 22.9. The zero-order valence-electron chi connectivity index (χ0n) is 19.1. The molecule has 0 unspecified atom stereocenters. The largest absolute Gasteiger partial charge is 0.461 e. The minimum atomic E-state index is -0.640. The Bertz CT molecular complexity index is 818. The van der Waals surface area contributed by atoms with Gasteiger partial charge in [0.15, 0.2) is 13.2 Å². The molecular weight excluding hydrogens is 440 g/mol. The fourth-order valence-electron chi connectivity index (χ4n) is 3.70. The van der Waals surface area contributed by atoms with Gasteiger partial charge in [-0.15, -0.1) is 0 Å². The molecule has 0 N–H and O–H groups in total. The molecule has 0 bridgehead atoms. The van der Waals surface area contributed by atoms with Gasteiger partial charge in [-0.05, 0) is 25.7 Å². The predicted molar refractivity (Wildman–Crippen MR) is 123 cm³/mol. The van der Waals surface area contributed by atoms with E-state index in [0.717, 1.165) is 0 Å². The SMILES string of the molecule is C=CCOC(=O)[C@H]1CC=CC[C@H]1C(=O)OCC#CCOC(=O)[C@H]1CC=CC[C@H]1C(=O)OCC=C. The Balaban J connectivity index is 1.78. The molecule has 0 aromatic carbocycles. The third kappa shape index (κ3) is 8.07. The van der Waals surface area contributed by atoms with E-state index < -0.39 is 47.5 Å². The highest BCUT2D eigenvalue weighted by Gasteiger charge is 2.37. The Morgan fingerprint density at radius 1 is 0.618 bits per heavy atom. The Morgan fingerprint density at radius 2 is 0.912 bits per heavy atom. The summed E-state index contributed by atoms with van der Waals surface area (Å²) in [5, 5.41) is 0. The van der Waals surface area contributed by atoms with E-state index in [1.54, 1.807) is 0 Å². The van der Waals surface area contributed by atoms with Crippen LogP contribution >= 0.6 is 0 Å². The molecule has 2 rings (SSSR count). The molecule has 8 nitrogen and oxygen atoms in total. The van der Waals surface area contributed by atoms with Crippen molar-refractivity contribution in [3.8, 4) is 11.8 Å². The minimum Gasteiger partial charge on any atom is -0.461 e. The molecule has 182 valence electrons. The average Bonchev–Trinajstić information content (AvgIpc) is 2.87. The molecule has 0 amide bonds. The molecule has 2 aliphatic carbocycles. The molecule has 2 aliphatic rings. The number of allylic oxidation sites excluding steroid dienone is 4. The molecule has 8 heteroatoms. The summed E-state index contributed by atoms with van der Waals surface area (Å²) in [5.41, 5.74) is 0. The minimum absolute atomic E-state index is 0.0823. The number of carbonyl (C=O) groups is 4. The van der Waals surface area contributed by atoms with Crippen LogP contribution in [0.3, 0.4) is 0 Å². The lowest BCUT2D eigenvalue weighted by Crippen LogP contribution is -2.34.